The van der Waals surface area contributed by atoms with Crippen LogP contribution in [0.4, 0.5) is 0 Å². The zero-order valence-corrected chi connectivity index (χ0v) is 53.7. The molecule has 0 saturated heterocycles. The van der Waals surface area contributed by atoms with Crippen LogP contribution in [0.3, 0.4) is 0 Å². The van der Waals surface area contributed by atoms with E-state index in [0.717, 1.165) is 161 Å². The van der Waals surface area contributed by atoms with Gasteiger partial charge < -0.3 is 14.2 Å². The summed E-state index contributed by atoms with van der Waals surface area (Å²) in [6.07, 6.45) is 101. The maximum atomic E-state index is 13.0. The van der Waals surface area contributed by atoms with Crippen molar-refractivity contribution >= 4 is 17.9 Å². The number of hydrogen-bond acceptors (Lipinski definition) is 6. The van der Waals surface area contributed by atoms with Gasteiger partial charge >= 0.3 is 17.9 Å². The van der Waals surface area contributed by atoms with Crippen LogP contribution in [0.15, 0.2) is 158 Å². The summed E-state index contributed by atoms with van der Waals surface area (Å²) in [5, 5.41) is 0. The van der Waals surface area contributed by atoms with Crippen LogP contribution >= 0.6 is 0 Å². The lowest BCUT2D eigenvalue weighted by atomic mass is 10.1. The van der Waals surface area contributed by atoms with E-state index in [-0.39, 0.29) is 31.1 Å². The number of allylic oxidation sites excluding steroid dienone is 26. The van der Waals surface area contributed by atoms with Gasteiger partial charge in [0, 0.05) is 19.3 Å². The van der Waals surface area contributed by atoms with Gasteiger partial charge in [0.25, 0.3) is 0 Å². The zero-order chi connectivity index (χ0) is 59.9. The van der Waals surface area contributed by atoms with Crippen LogP contribution < -0.4 is 0 Å². The molecule has 0 aliphatic rings. The molecule has 0 saturated carbocycles. The van der Waals surface area contributed by atoms with Crippen molar-refractivity contribution in [3.63, 3.8) is 0 Å². The lowest BCUT2D eigenvalue weighted by Crippen LogP contribution is -2.30. The average molecular weight is 1150 g/mol. The van der Waals surface area contributed by atoms with Crippen LogP contribution in [0.1, 0.15) is 290 Å². The Bertz CT molecular complexity index is 1840. The van der Waals surface area contributed by atoms with Gasteiger partial charge in [-0.25, -0.2) is 0 Å². The third-order valence-corrected chi connectivity index (χ3v) is 14.0. The number of carbonyl (C=O) groups is 3. The fraction of sp³-hybridized carbons (Fsp3) is 0.623. The summed E-state index contributed by atoms with van der Waals surface area (Å²) >= 11 is 0. The molecule has 6 nitrogen and oxygen atoms in total. The first-order valence-corrected chi connectivity index (χ1v) is 34.0. The first kappa shape index (κ1) is 78.0. The molecule has 0 rings (SSSR count). The van der Waals surface area contributed by atoms with Gasteiger partial charge in [-0.15, -0.1) is 0 Å². The molecule has 0 aliphatic carbocycles. The predicted octanol–water partition coefficient (Wildman–Crippen LogP) is 23.7. The smallest absolute Gasteiger partial charge is 0.306 e. The third-order valence-electron chi connectivity index (χ3n) is 14.0. The number of esters is 3. The van der Waals surface area contributed by atoms with Crippen molar-refractivity contribution in [1.82, 2.24) is 0 Å². The summed E-state index contributed by atoms with van der Waals surface area (Å²) in [5.74, 6) is -0.948. The minimum atomic E-state index is -0.809. The highest BCUT2D eigenvalue weighted by Crippen LogP contribution is 2.15. The third kappa shape index (κ3) is 67.7. The van der Waals surface area contributed by atoms with Gasteiger partial charge in [-0.3, -0.25) is 14.4 Å². The number of rotatable bonds is 60. The molecule has 0 aliphatic heterocycles. The highest BCUT2D eigenvalue weighted by molar-refractivity contribution is 5.71. The highest BCUT2D eigenvalue weighted by Gasteiger charge is 2.19. The van der Waals surface area contributed by atoms with Crippen molar-refractivity contribution in [2.24, 2.45) is 0 Å². The van der Waals surface area contributed by atoms with Crippen LogP contribution in [-0.2, 0) is 28.6 Å². The van der Waals surface area contributed by atoms with E-state index in [0.29, 0.717) is 19.3 Å². The van der Waals surface area contributed by atoms with E-state index in [1.165, 1.54) is 89.9 Å². The summed E-state index contributed by atoms with van der Waals surface area (Å²) in [5.41, 5.74) is 0. The Balaban J connectivity index is 4.47. The van der Waals surface area contributed by atoms with Crippen LogP contribution in [0.5, 0.6) is 0 Å². The van der Waals surface area contributed by atoms with Gasteiger partial charge in [-0.05, 0) is 148 Å². The Morgan fingerprint density at radius 1 is 0.253 bits per heavy atom. The van der Waals surface area contributed by atoms with E-state index in [1.807, 2.05) is 0 Å². The molecule has 0 aromatic rings. The lowest BCUT2D eigenvalue weighted by molar-refractivity contribution is -0.167. The number of hydrogen-bond donors (Lipinski definition) is 0. The van der Waals surface area contributed by atoms with Gasteiger partial charge in [-0.2, -0.15) is 0 Å². The molecule has 0 aromatic carbocycles. The van der Waals surface area contributed by atoms with Crippen LogP contribution in [0, 0.1) is 0 Å². The molecule has 1 atom stereocenters. The number of carbonyl (C=O) groups excluding carboxylic acids is 3. The largest absolute Gasteiger partial charge is 0.462 e. The first-order chi connectivity index (χ1) is 41.0. The molecule has 0 aromatic heterocycles. The normalized spacial score (nSPS) is 13.1. The van der Waals surface area contributed by atoms with Crippen molar-refractivity contribution < 1.29 is 28.6 Å². The van der Waals surface area contributed by atoms with Gasteiger partial charge in [-0.1, -0.05) is 281 Å². The second kappa shape index (κ2) is 69.5. The predicted molar refractivity (Wildman–Crippen MR) is 362 cm³/mol. The van der Waals surface area contributed by atoms with E-state index < -0.39 is 6.10 Å². The topological polar surface area (TPSA) is 78.9 Å². The Kier molecular flexibility index (Phi) is 65.4. The molecule has 6 heteroatoms. The van der Waals surface area contributed by atoms with E-state index in [9.17, 15) is 14.4 Å². The molecular weight excluding hydrogens is 1020 g/mol. The number of unbranched alkanes of at least 4 members (excludes halogenated alkanes) is 23. The minimum Gasteiger partial charge on any atom is -0.462 e. The fourth-order valence-electron chi connectivity index (χ4n) is 8.97. The molecule has 1 unspecified atom stereocenters. The monoisotopic (exact) mass is 1140 g/mol. The summed E-state index contributed by atoms with van der Waals surface area (Å²) < 4.78 is 16.9. The van der Waals surface area contributed by atoms with Gasteiger partial charge in [0.05, 0.1) is 0 Å². The average Bonchev–Trinajstić information content (AvgIpc) is 3.49. The van der Waals surface area contributed by atoms with E-state index in [1.54, 1.807) is 0 Å². The van der Waals surface area contributed by atoms with Crippen molar-refractivity contribution in [2.75, 3.05) is 13.2 Å². The highest BCUT2D eigenvalue weighted by atomic mass is 16.6. The summed E-state index contributed by atoms with van der Waals surface area (Å²) in [4.78, 5) is 38.4. The van der Waals surface area contributed by atoms with Crippen molar-refractivity contribution in [1.29, 1.82) is 0 Å². The molecule has 0 amide bonds. The first-order valence-electron chi connectivity index (χ1n) is 34.0. The van der Waals surface area contributed by atoms with Crippen molar-refractivity contribution in [2.45, 2.75) is 297 Å². The lowest BCUT2D eigenvalue weighted by Gasteiger charge is -2.18. The van der Waals surface area contributed by atoms with Gasteiger partial charge in [0.1, 0.15) is 13.2 Å². The van der Waals surface area contributed by atoms with E-state index in [2.05, 4.69) is 179 Å². The fourth-order valence-corrected chi connectivity index (χ4v) is 8.97. The van der Waals surface area contributed by atoms with E-state index >= 15 is 0 Å². The van der Waals surface area contributed by atoms with Crippen molar-refractivity contribution in [3.05, 3.63) is 158 Å². The molecule has 0 radical (unpaired) electrons. The molecule has 0 spiro atoms. The molecule has 83 heavy (non-hydrogen) atoms. The van der Waals surface area contributed by atoms with Gasteiger partial charge in [0.15, 0.2) is 6.10 Å². The Morgan fingerprint density at radius 2 is 0.470 bits per heavy atom. The summed E-state index contributed by atoms with van der Waals surface area (Å²) in [7, 11) is 0. The maximum absolute atomic E-state index is 13.0. The molecule has 0 heterocycles. The van der Waals surface area contributed by atoms with Crippen molar-refractivity contribution in [3.8, 4) is 0 Å². The molecule has 0 bridgehead atoms. The van der Waals surface area contributed by atoms with Crippen LogP contribution in [0.25, 0.3) is 0 Å². The van der Waals surface area contributed by atoms with Crippen LogP contribution in [0.2, 0.25) is 0 Å². The number of ether oxygens (including phenoxy) is 3. The second-order valence-corrected chi connectivity index (χ2v) is 22.0. The van der Waals surface area contributed by atoms with E-state index in [4.69, 9.17) is 14.2 Å². The molecule has 468 valence electrons. The minimum absolute atomic E-state index is 0.101. The zero-order valence-electron chi connectivity index (χ0n) is 53.7. The summed E-state index contributed by atoms with van der Waals surface area (Å²) in [6, 6.07) is 0. The maximum Gasteiger partial charge on any atom is 0.306 e. The Morgan fingerprint density at radius 3 is 0.759 bits per heavy atom. The Labute approximate surface area is 511 Å². The molecule has 0 fully saturated rings. The second-order valence-electron chi connectivity index (χ2n) is 22.0. The Hall–Kier alpha value is -4.97. The standard InChI is InChI=1S/C77H124O6/c1-4-7-10-13-16-19-22-25-28-30-32-34-36-38-40-42-44-46-49-52-55-58-61-64-67-70-76(79)82-73-74(72-81-75(78)69-66-63-60-57-54-51-48-27-24-21-18-15-12-9-6-3)83-77(80)71-68-65-62-59-56-53-50-47-45-43-41-39-37-35-33-31-29-26-23-20-17-14-11-8-5-2/h7-8,10-11,16-17,19-20,25-29,32-35,38-41,44,46,48,52,55,74H,4-6,9,12-15,18,21-24,30-31,36-37,42-43,45,47,49-51,53-54,56-73H2,1-3H3/b10-7-,11-8-,19-16-,20-17-,28-25-,29-26-,34-32-,35-33-,40-38-,41-39-,46-44-,48-27-,55-52-. The molecular formula is C77H124O6. The quantitative estimate of drug-likeness (QED) is 0.0261. The van der Waals surface area contributed by atoms with Gasteiger partial charge in [0.2, 0.25) is 0 Å². The van der Waals surface area contributed by atoms with Crippen LogP contribution in [-0.4, -0.2) is 37.2 Å². The SMILES string of the molecule is CC/C=C\C/C=C\C/C=C\C/C=C\C/C=C\C/C=C\C/C=C\CCCCCC(=O)OCC(COC(=O)CCCCCCC/C=C\CCCCCCCC)OC(=O)CCCCCCCCCCC/C=C\C/C=C\C/C=C\C/C=C\C/C=C\CC. The molecule has 0 N–H and O–H groups in total. The summed E-state index contributed by atoms with van der Waals surface area (Å²) in [6.45, 7) is 6.38.